The van der Waals surface area contributed by atoms with Gasteiger partial charge in [0, 0.05) is 26.2 Å². The molecular formula is C13H27N3O2S. The van der Waals surface area contributed by atoms with Crippen molar-refractivity contribution in [3.63, 3.8) is 0 Å². The Bertz CT molecular complexity index is 370. The smallest absolute Gasteiger partial charge is 0.282 e. The molecule has 1 heterocycles. The Kier molecular flexibility index (Phi) is 6.99. The van der Waals surface area contributed by atoms with Crippen LogP contribution in [0.15, 0.2) is 12.7 Å². The molecule has 0 aromatic heterocycles. The van der Waals surface area contributed by atoms with Gasteiger partial charge < -0.3 is 5.32 Å². The van der Waals surface area contributed by atoms with E-state index < -0.39 is 10.2 Å². The van der Waals surface area contributed by atoms with Gasteiger partial charge in [-0.15, -0.1) is 6.58 Å². The summed E-state index contributed by atoms with van der Waals surface area (Å²) >= 11 is 0. The Morgan fingerprint density at radius 1 is 1.47 bits per heavy atom. The van der Waals surface area contributed by atoms with Crippen molar-refractivity contribution in [2.24, 2.45) is 5.92 Å². The van der Waals surface area contributed by atoms with Gasteiger partial charge in [-0.25, -0.2) is 0 Å². The lowest BCUT2D eigenvalue weighted by atomic mass is 10.00. The first-order valence-electron chi connectivity index (χ1n) is 7.13. The molecule has 6 heteroatoms. The Morgan fingerprint density at radius 2 is 2.21 bits per heavy atom. The minimum Gasteiger partial charge on any atom is -0.317 e. The minimum absolute atomic E-state index is 0.382. The molecule has 1 atom stereocenters. The Morgan fingerprint density at radius 3 is 2.79 bits per heavy atom. The molecule has 0 saturated carbocycles. The van der Waals surface area contributed by atoms with Gasteiger partial charge in [0.25, 0.3) is 10.2 Å². The van der Waals surface area contributed by atoms with Crippen LogP contribution < -0.4 is 5.32 Å². The molecule has 0 aromatic rings. The third-order valence-electron chi connectivity index (χ3n) is 3.50. The highest BCUT2D eigenvalue weighted by Crippen LogP contribution is 2.20. The topological polar surface area (TPSA) is 52.7 Å². The zero-order valence-corrected chi connectivity index (χ0v) is 13.0. The maximum Gasteiger partial charge on any atom is 0.282 e. The highest BCUT2D eigenvalue weighted by Gasteiger charge is 2.32. The third kappa shape index (κ3) is 4.56. The molecule has 0 spiro atoms. The molecular weight excluding hydrogens is 262 g/mol. The number of nitrogens with zero attached hydrogens (tertiary/aromatic N) is 2. The second-order valence-electron chi connectivity index (χ2n) is 4.92. The van der Waals surface area contributed by atoms with E-state index in [1.165, 1.54) is 4.31 Å². The van der Waals surface area contributed by atoms with Gasteiger partial charge in [-0.3, -0.25) is 0 Å². The average molecular weight is 289 g/mol. The van der Waals surface area contributed by atoms with Gasteiger partial charge in [-0.1, -0.05) is 19.9 Å². The molecule has 1 fully saturated rings. The summed E-state index contributed by atoms with van der Waals surface area (Å²) in [5.41, 5.74) is 0. The fraction of sp³-hybridized carbons (Fsp3) is 0.846. The fourth-order valence-electron chi connectivity index (χ4n) is 2.45. The molecule has 19 heavy (non-hydrogen) atoms. The summed E-state index contributed by atoms with van der Waals surface area (Å²) in [6, 6.07) is 0. The van der Waals surface area contributed by atoms with E-state index in [1.54, 1.807) is 10.4 Å². The zero-order chi connectivity index (χ0) is 14.3. The van der Waals surface area contributed by atoms with Crippen LogP contribution in [0.3, 0.4) is 0 Å². The van der Waals surface area contributed by atoms with Crippen LogP contribution in [-0.2, 0) is 10.2 Å². The van der Waals surface area contributed by atoms with Crippen LogP contribution in [0, 0.1) is 5.92 Å². The molecule has 0 aromatic carbocycles. The monoisotopic (exact) mass is 289 g/mol. The molecule has 112 valence electrons. The molecule has 5 nitrogen and oxygen atoms in total. The molecule has 0 aliphatic carbocycles. The summed E-state index contributed by atoms with van der Waals surface area (Å²) < 4.78 is 28.1. The molecule has 0 bridgehead atoms. The average Bonchev–Trinajstić information content (AvgIpc) is 2.42. The van der Waals surface area contributed by atoms with E-state index in [-0.39, 0.29) is 0 Å². The van der Waals surface area contributed by atoms with Gasteiger partial charge in [0.2, 0.25) is 0 Å². The van der Waals surface area contributed by atoms with Crippen LogP contribution in [0.2, 0.25) is 0 Å². The lowest BCUT2D eigenvalue weighted by molar-refractivity contribution is 0.246. The van der Waals surface area contributed by atoms with Gasteiger partial charge >= 0.3 is 0 Å². The maximum absolute atomic E-state index is 12.5. The van der Waals surface area contributed by atoms with E-state index in [0.29, 0.717) is 32.1 Å². The van der Waals surface area contributed by atoms with Crippen LogP contribution in [0.25, 0.3) is 0 Å². The molecule has 1 aliphatic heterocycles. The van der Waals surface area contributed by atoms with E-state index in [9.17, 15) is 8.42 Å². The summed E-state index contributed by atoms with van der Waals surface area (Å²) in [6.45, 7) is 11.5. The lowest BCUT2D eigenvalue weighted by Gasteiger charge is -2.35. The molecule has 1 aliphatic rings. The SMILES string of the molecule is C=CCN(CC)S(=O)(=O)N1CCCC(CNCC)C1. The van der Waals surface area contributed by atoms with Crippen molar-refractivity contribution >= 4 is 10.2 Å². The van der Waals surface area contributed by atoms with Crippen molar-refractivity contribution in [2.75, 3.05) is 39.3 Å². The minimum atomic E-state index is -3.33. The predicted molar refractivity (Wildman–Crippen MR) is 79.2 cm³/mol. The van der Waals surface area contributed by atoms with E-state index in [1.807, 2.05) is 6.92 Å². The number of hydrogen-bond acceptors (Lipinski definition) is 3. The first-order chi connectivity index (χ1) is 9.06. The number of rotatable bonds is 8. The number of likely N-dealkylation sites (N-methyl/N-ethyl adjacent to an activating group) is 1. The van der Waals surface area contributed by atoms with Crippen molar-refractivity contribution in [1.82, 2.24) is 13.9 Å². The standard InChI is InChI=1S/C13H27N3O2S/c1-4-9-15(6-3)19(17,18)16-10-7-8-13(12-16)11-14-5-2/h4,13-14H,1,5-12H2,2-3H3. The quantitative estimate of drug-likeness (QED) is 0.680. The molecule has 0 radical (unpaired) electrons. The fourth-order valence-corrected chi connectivity index (χ4v) is 4.15. The summed E-state index contributed by atoms with van der Waals surface area (Å²) in [7, 11) is -3.33. The second kappa shape index (κ2) is 7.99. The van der Waals surface area contributed by atoms with Crippen molar-refractivity contribution in [3.05, 3.63) is 12.7 Å². The van der Waals surface area contributed by atoms with Gasteiger partial charge in [-0.05, 0) is 31.8 Å². The summed E-state index contributed by atoms with van der Waals surface area (Å²) in [6.07, 6.45) is 3.69. The van der Waals surface area contributed by atoms with Crippen LogP contribution in [0.4, 0.5) is 0 Å². The lowest BCUT2D eigenvalue weighted by Crippen LogP contribution is -2.49. The van der Waals surface area contributed by atoms with Crippen molar-refractivity contribution < 1.29 is 8.42 Å². The van der Waals surface area contributed by atoms with Crippen molar-refractivity contribution in [2.45, 2.75) is 26.7 Å². The molecule has 1 rings (SSSR count). The molecule has 0 amide bonds. The zero-order valence-electron chi connectivity index (χ0n) is 12.1. The van der Waals surface area contributed by atoms with E-state index in [0.717, 1.165) is 25.9 Å². The summed E-state index contributed by atoms with van der Waals surface area (Å²) in [4.78, 5) is 0. The Balaban J connectivity index is 2.68. The molecule has 1 N–H and O–H groups in total. The highest BCUT2D eigenvalue weighted by atomic mass is 32.2. The Labute approximate surface area is 117 Å². The number of hydrogen-bond donors (Lipinski definition) is 1. The summed E-state index contributed by atoms with van der Waals surface area (Å²) in [5.74, 6) is 0.422. The normalized spacial score (nSPS) is 21.7. The molecule has 1 saturated heterocycles. The predicted octanol–water partition coefficient (Wildman–Crippen LogP) is 1.06. The van der Waals surface area contributed by atoms with E-state index >= 15 is 0 Å². The number of piperidine rings is 1. The van der Waals surface area contributed by atoms with Crippen LogP contribution in [-0.4, -0.2) is 56.3 Å². The second-order valence-corrected chi connectivity index (χ2v) is 6.85. The Hall–Kier alpha value is -0.430. The van der Waals surface area contributed by atoms with Crippen LogP contribution >= 0.6 is 0 Å². The largest absolute Gasteiger partial charge is 0.317 e. The van der Waals surface area contributed by atoms with Gasteiger partial charge in [0.05, 0.1) is 0 Å². The summed E-state index contributed by atoms with van der Waals surface area (Å²) in [5, 5.41) is 3.31. The first kappa shape index (κ1) is 16.6. The maximum atomic E-state index is 12.5. The van der Waals surface area contributed by atoms with Gasteiger partial charge in [-0.2, -0.15) is 17.0 Å². The first-order valence-corrected chi connectivity index (χ1v) is 8.52. The van der Waals surface area contributed by atoms with Gasteiger partial charge in [0.1, 0.15) is 0 Å². The van der Waals surface area contributed by atoms with E-state index in [4.69, 9.17) is 0 Å². The van der Waals surface area contributed by atoms with Crippen molar-refractivity contribution in [1.29, 1.82) is 0 Å². The third-order valence-corrected chi connectivity index (χ3v) is 5.55. The van der Waals surface area contributed by atoms with Crippen LogP contribution in [0.1, 0.15) is 26.7 Å². The van der Waals surface area contributed by atoms with Crippen molar-refractivity contribution in [3.8, 4) is 0 Å². The highest BCUT2D eigenvalue weighted by molar-refractivity contribution is 7.86. The molecule has 1 unspecified atom stereocenters. The van der Waals surface area contributed by atoms with E-state index in [2.05, 4.69) is 18.8 Å². The van der Waals surface area contributed by atoms with Gasteiger partial charge in [0.15, 0.2) is 0 Å². The van der Waals surface area contributed by atoms with Crippen LogP contribution in [0.5, 0.6) is 0 Å². The number of nitrogens with one attached hydrogen (secondary N) is 1.